The van der Waals surface area contributed by atoms with Crippen molar-refractivity contribution in [1.82, 2.24) is 10.2 Å². The number of carbonyl (C=O) groups is 3. The molecule has 3 fully saturated rings. The summed E-state index contributed by atoms with van der Waals surface area (Å²) in [7, 11) is -3.08. The van der Waals surface area contributed by atoms with Gasteiger partial charge in [-0.25, -0.2) is 0 Å². The van der Waals surface area contributed by atoms with Crippen LogP contribution in [-0.4, -0.2) is 84.2 Å². The lowest BCUT2D eigenvalue weighted by Crippen LogP contribution is -2.46. The van der Waals surface area contributed by atoms with E-state index >= 15 is 0 Å². The Hall–Kier alpha value is -3.69. The number of nitro benzene ring substituents is 1. The highest BCUT2D eigenvalue weighted by Gasteiger charge is 2.66. The number of non-ortho nitro benzene ring substituents is 1. The summed E-state index contributed by atoms with van der Waals surface area (Å²) in [5.74, 6) is -1.34. The van der Waals surface area contributed by atoms with Crippen LogP contribution in [0, 0.1) is 22.0 Å². The first kappa shape index (κ1) is 34.2. The molecule has 13 nitrogen and oxygen atoms in total. The van der Waals surface area contributed by atoms with Gasteiger partial charge < -0.3 is 35.1 Å². The van der Waals surface area contributed by atoms with Crippen LogP contribution in [0.4, 0.5) is 17.1 Å². The normalized spacial score (nSPS) is 28.6. The largest absolute Gasteiger partial charge is 0.432 e. The molecule has 1 spiro atoms. The third-order valence-electron chi connectivity index (χ3n) is 10.7. The molecule has 0 aliphatic carbocycles. The molecule has 6 rings (SSSR count). The molecule has 0 radical (unpaired) electrons. The molecule has 48 heavy (non-hydrogen) atoms. The van der Waals surface area contributed by atoms with Gasteiger partial charge >= 0.3 is 0 Å². The number of carbonyl (C=O) groups excluding carboxylic acids is 3. The van der Waals surface area contributed by atoms with Crippen LogP contribution < -0.4 is 15.5 Å². The molecule has 4 aliphatic rings. The molecule has 2 aromatic rings. The predicted octanol–water partition coefficient (Wildman–Crippen LogP) is 3.25. The highest BCUT2D eigenvalue weighted by molar-refractivity contribution is 6.71. The highest BCUT2D eigenvalue weighted by atomic mass is 28.4. The summed E-state index contributed by atoms with van der Waals surface area (Å²) >= 11 is 0. The Labute approximate surface area is 280 Å². The lowest BCUT2D eigenvalue weighted by Gasteiger charge is -2.32. The number of amides is 3. The molecule has 3 saturated heterocycles. The third-order valence-corrected chi connectivity index (χ3v) is 13.2. The lowest BCUT2D eigenvalue weighted by molar-refractivity contribution is -0.385. The van der Waals surface area contributed by atoms with Gasteiger partial charge in [-0.05, 0) is 69.1 Å². The number of nitro groups is 1. The SMILES string of the molecule is C[C@@H]1[C@@H]([Si](C)(C)O)[C@H](CC(=O)N2CCC[C@H]2CO)O[C@@]12C(=O)N(Cc1ccc(NC(=O)C3CCCNC3)cc1)c1ccc([N+](=O)[O-])cc12. The number of aliphatic hydroxyl groups is 1. The Morgan fingerprint density at radius 1 is 1.17 bits per heavy atom. The van der Waals surface area contributed by atoms with Gasteiger partial charge in [-0.15, -0.1) is 0 Å². The van der Waals surface area contributed by atoms with Crippen LogP contribution in [0.25, 0.3) is 0 Å². The molecule has 4 aliphatic heterocycles. The van der Waals surface area contributed by atoms with E-state index in [1.54, 1.807) is 41.1 Å². The minimum absolute atomic E-state index is 0.0379. The molecule has 258 valence electrons. The fourth-order valence-corrected chi connectivity index (χ4v) is 10.9. The van der Waals surface area contributed by atoms with Crippen molar-refractivity contribution in [2.75, 3.05) is 36.5 Å². The summed E-state index contributed by atoms with van der Waals surface area (Å²) < 4.78 is 6.72. The van der Waals surface area contributed by atoms with Gasteiger partial charge in [0.15, 0.2) is 13.9 Å². The quantitative estimate of drug-likeness (QED) is 0.176. The van der Waals surface area contributed by atoms with Crippen LogP contribution in [0.1, 0.15) is 50.2 Å². The lowest BCUT2D eigenvalue weighted by atomic mass is 9.82. The van der Waals surface area contributed by atoms with Gasteiger partial charge in [0.2, 0.25) is 11.8 Å². The van der Waals surface area contributed by atoms with E-state index in [0.29, 0.717) is 36.4 Å². The predicted molar refractivity (Wildman–Crippen MR) is 181 cm³/mol. The van der Waals surface area contributed by atoms with Gasteiger partial charge in [0.25, 0.3) is 11.6 Å². The summed E-state index contributed by atoms with van der Waals surface area (Å²) in [5, 5.41) is 28.0. The standard InChI is InChI=1S/C34H45N5O8Si/c1-21-31(48(2,3)46)29(17-30(41)37-15-5-7-26(37)20-40)47-34(21)27-16-25(39(44)45)12-13-28(27)38(33(34)43)19-22-8-10-24(11-9-22)36-32(42)23-6-4-14-35-18-23/h8-13,16,21,23,26,29,31,35,40,46H,4-7,14-15,17-20H2,1-3H3,(H,36,42)/t21-,23?,26+,29+,31-,34+/m1/s1. The number of piperidine rings is 1. The Balaban J connectivity index is 1.30. The van der Waals surface area contributed by atoms with Gasteiger partial charge in [0, 0.05) is 47.9 Å². The number of ether oxygens (including phenoxy) is 1. The molecule has 0 aromatic heterocycles. The number of nitrogens with one attached hydrogen (secondary N) is 2. The zero-order chi connectivity index (χ0) is 34.4. The second-order valence-corrected chi connectivity index (χ2v) is 18.2. The fraction of sp³-hybridized carbons (Fsp3) is 0.559. The van der Waals surface area contributed by atoms with Crippen molar-refractivity contribution in [3.05, 3.63) is 63.7 Å². The number of nitrogens with zero attached hydrogens (tertiary/aromatic N) is 3. The van der Waals surface area contributed by atoms with Crippen molar-refractivity contribution in [1.29, 1.82) is 0 Å². The Bertz CT molecular complexity index is 1580. The second kappa shape index (κ2) is 13.3. The van der Waals surface area contributed by atoms with E-state index in [9.17, 15) is 34.4 Å². The highest BCUT2D eigenvalue weighted by Crippen LogP contribution is 2.60. The van der Waals surface area contributed by atoms with Crippen molar-refractivity contribution in [3.63, 3.8) is 0 Å². The summed E-state index contributed by atoms with van der Waals surface area (Å²) in [4.78, 5) is 67.2. The summed E-state index contributed by atoms with van der Waals surface area (Å²) in [6, 6.07) is 11.3. The number of rotatable bonds is 9. The van der Waals surface area contributed by atoms with Crippen molar-refractivity contribution < 1.29 is 33.9 Å². The number of aliphatic hydroxyl groups excluding tert-OH is 1. The van der Waals surface area contributed by atoms with Crippen molar-refractivity contribution >= 4 is 43.1 Å². The van der Waals surface area contributed by atoms with Crippen molar-refractivity contribution in [2.24, 2.45) is 11.8 Å². The fourth-order valence-electron chi connectivity index (χ4n) is 8.38. The van der Waals surface area contributed by atoms with Crippen LogP contribution in [0.3, 0.4) is 0 Å². The number of hydrogen-bond acceptors (Lipinski definition) is 9. The topological polar surface area (TPSA) is 175 Å². The second-order valence-electron chi connectivity index (χ2n) is 14.2. The molecular weight excluding hydrogens is 634 g/mol. The van der Waals surface area contributed by atoms with E-state index in [0.717, 1.165) is 31.4 Å². The average molecular weight is 680 g/mol. The molecule has 6 atom stereocenters. The molecule has 0 bridgehead atoms. The van der Waals surface area contributed by atoms with Crippen LogP contribution in [0.15, 0.2) is 42.5 Å². The van der Waals surface area contributed by atoms with Gasteiger partial charge in [-0.2, -0.15) is 0 Å². The number of likely N-dealkylation sites (tertiary alicyclic amines) is 1. The van der Waals surface area contributed by atoms with E-state index in [-0.39, 0.29) is 49.0 Å². The monoisotopic (exact) mass is 679 g/mol. The maximum Gasteiger partial charge on any atom is 0.269 e. The number of anilines is 2. The zero-order valence-corrected chi connectivity index (χ0v) is 28.7. The first-order valence-corrected chi connectivity index (χ1v) is 19.9. The van der Waals surface area contributed by atoms with Gasteiger partial charge in [-0.3, -0.25) is 24.5 Å². The Morgan fingerprint density at radius 2 is 1.92 bits per heavy atom. The van der Waals surface area contributed by atoms with E-state index in [2.05, 4.69) is 10.6 Å². The van der Waals surface area contributed by atoms with E-state index in [1.165, 1.54) is 12.1 Å². The maximum absolute atomic E-state index is 14.7. The number of hydrogen-bond donors (Lipinski definition) is 4. The third kappa shape index (κ3) is 6.15. The summed E-state index contributed by atoms with van der Waals surface area (Å²) in [5.41, 5.74) is -0.116. The molecule has 4 heterocycles. The first-order valence-electron chi connectivity index (χ1n) is 16.9. The molecule has 4 N–H and O–H groups in total. The van der Waals surface area contributed by atoms with E-state index in [4.69, 9.17) is 4.74 Å². The van der Waals surface area contributed by atoms with Crippen molar-refractivity contribution in [2.45, 2.75) is 82.0 Å². The molecule has 2 aromatic carbocycles. The van der Waals surface area contributed by atoms with Crippen LogP contribution in [-0.2, 0) is 31.3 Å². The van der Waals surface area contributed by atoms with E-state index < -0.39 is 42.3 Å². The smallest absolute Gasteiger partial charge is 0.269 e. The molecular formula is C34H45N5O8Si. The maximum atomic E-state index is 14.7. The Kier molecular flexibility index (Phi) is 9.48. The number of benzene rings is 2. The van der Waals surface area contributed by atoms with Crippen LogP contribution in [0.2, 0.25) is 18.6 Å². The van der Waals surface area contributed by atoms with Crippen LogP contribution >= 0.6 is 0 Å². The van der Waals surface area contributed by atoms with E-state index in [1.807, 2.05) is 19.1 Å². The van der Waals surface area contributed by atoms with Gasteiger partial charge in [-0.1, -0.05) is 19.1 Å². The first-order chi connectivity index (χ1) is 22.8. The van der Waals surface area contributed by atoms with Crippen LogP contribution in [0.5, 0.6) is 0 Å². The molecule has 3 amide bonds. The molecule has 1 unspecified atom stereocenters. The molecule has 0 saturated carbocycles. The van der Waals surface area contributed by atoms with Gasteiger partial charge in [0.1, 0.15) is 0 Å². The van der Waals surface area contributed by atoms with Crippen molar-refractivity contribution in [3.8, 4) is 0 Å². The minimum atomic E-state index is -3.08. The Morgan fingerprint density at radius 3 is 2.56 bits per heavy atom. The average Bonchev–Trinajstić information content (AvgIpc) is 3.72. The summed E-state index contributed by atoms with van der Waals surface area (Å²) in [6.45, 7) is 7.43. The van der Waals surface area contributed by atoms with Gasteiger partial charge in [0.05, 0.1) is 48.2 Å². The summed E-state index contributed by atoms with van der Waals surface area (Å²) in [6.07, 6.45) is 2.38. The molecule has 14 heteroatoms. The number of fused-ring (bicyclic) bond motifs is 2. The zero-order valence-electron chi connectivity index (χ0n) is 27.7. The minimum Gasteiger partial charge on any atom is -0.432 e.